The van der Waals surface area contributed by atoms with E-state index in [2.05, 4.69) is 17.2 Å². The number of nitrogens with one attached hydrogen (secondary N) is 1. The Morgan fingerprint density at radius 1 is 1.19 bits per heavy atom. The molecule has 2 heterocycles. The summed E-state index contributed by atoms with van der Waals surface area (Å²) in [5.41, 5.74) is 2.70. The molecule has 3 aliphatic rings. The normalized spacial score (nSPS) is 22.4. The van der Waals surface area contributed by atoms with Crippen molar-refractivity contribution in [2.45, 2.75) is 51.3 Å². The molecule has 6 heteroatoms. The van der Waals surface area contributed by atoms with Gasteiger partial charge in [0.25, 0.3) is 5.91 Å². The lowest BCUT2D eigenvalue weighted by Gasteiger charge is -2.29. The molecule has 6 nitrogen and oxygen atoms in total. The molecule has 1 saturated heterocycles. The van der Waals surface area contributed by atoms with Crippen LogP contribution in [0, 0.1) is 17.8 Å². The smallest absolute Gasteiger partial charge is 0.255 e. The first kappa shape index (κ1) is 16.8. The van der Waals surface area contributed by atoms with Gasteiger partial charge in [0.1, 0.15) is 6.04 Å². The molecule has 1 atom stereocenters. The molecule has 2 fully saturated rings. The zero-order valence-electron chi connectivity index (χ0n) is 14.4. The summed E-state index contributed by atoms with van der Waals surface area (Å²) in [6.45, 7) is 0.137. The number of benzene rings is 1. The summed E-state index contributed by atoms with van der Waals surface area (Å²) in [5.74, 6) is 5.89. The molecule has 0 bridgehead atoms. The van der Waals surface area contributed by atoms with Crippen LogP contribution in [0.15, 0.2) is 12.1 Å². The van der Waals surface area contributed by atoms with E-state index in [1.807, 2.05) is 6.07 Å². The highest BCUT2D eigenvalue weighted by Crippen LogP contribution is 2.31. The summed E-state index contributed by atoms with van der Waals surface area (Å²) in [5, 5.41) is 11.8. The van der Waals surface area contributed by atoms with E-state index < -0.39 is 11.9 Å². The number of imide groups is 1. The predicted octanol–water partition coefficient (Wildman–Crippen LogP) is 1.09. The minimum absolute atomic E-state index is 0.170. The van der Waals surface area contributed by atoms with Crippen LogP contribution < -0.4 is 5.32 Å². The van der Waals surface area contributed by atoms with Crippen molar-refractivity contribution in [3.63, 3.8) is 0 Å². The number of carbonyl (C=O) groups excluding carboxylic acids is 3. The Morgan fingerprint density at radius 3 is 2.65 bits per heavy atom. The van der Waals surface area contributed by atoms with Gasteiger partial charge in [0, 0.05) is 30.0 Å². The van der Waals surface area contributed by atoms with Crippen molar-refractivity contribution in [3.8, 4) is 11.8 Å². The summed E-state index contributed by atoms with van der Waals surface area (Å²) < 4.78 is 0. The Bertz CT molecular complexity index is 861. The zero-order chi connectivity index (χ0) is 18.3. The van der Waals surface area contributed by atoms with Crippen molar-refractivity contribution in [2.75, 3.05) is 0 Å². The number of piperidine rings is 1. The van der Waals surface area contributed by atoms with Crippen LogP contribution in [0.1, 0.15) is 59.2 Å². The van der Waals surface area contributed by atoms with Crippen molar-refractivity contribution in [3.05, 3.63) is 34.4 Å². The van der Waals surface area contributed by atoms with Gasteiger partial charge in [0.05, 0.1) is 6.61 Å². The van der Waals surface area contributed by atoms with Crippen molar-refractivity contribution >= 4 is 17.7 Å². The molecule has 0 spiro atoms. The molecule has 26 heavy (non-hydrogen) atoms. The maximum Gasteiger partial charge on any atom is 0.255 e. The van der Waals surface area contributed by atoms with E-state index in [-0.39, 0.29) is 24.8 Å². The molecule has 1 aromatic carbocycles. The summed E-state index contributed by atoms with van der Waals surface area (Å²) >= 11 is 0. The molecular formula is C20H20N2O4. The lowest BCUT2D eigenvalue weighted by molar-refractivity contribution is -0.136. The second-order valence-corrected chi connectivity index (χ2v) is 7.12. The first-order valence-electron chi connectivity index (χ1n) is 8.99. The van der Waals surface area contributed by atoms with E-state index in [0.29, 0.717) is 30.0 Å². The van der Waals surface area contributed by atoms with Crippen molar-refractivity contribution < 1.29 is 19.5 Å². The minimum atomic E-state index is -0.641. The predicted molar refractivity (Wildman–Crippen MR) is 92.6 cm³/mol. The number of aliphatic hydroxyl groups excluding tert-OH is 1. The van der Waals surface area contributed by atoms with Gasteiger partial charge in [-0.25, -0.2) is 0 Å². The van der Waals surface area contributed by atoms with Gasteiger partial charge in [0.2, 0.25) is 11.8 Å². The quantitative estimate of drug-likeness (QED) is 0.616. The van der Waals surface area contributed by atoms with Gasteiger partial charge in [-0.05, 0) is 42.5 Å². The van der Waals surface area contributed by atoms with Gasteiger partial charge >= 0.3 is 0 Å². The van der Waals surface area contributed by atoms with Crippen LogP contribution in [0.4, 0.5) is 0 Å². The number of amides is 3. The third-order valence-electron chi connectivity index (χ3n) is 5.41. The van der Waals surface area contributed by atoms with Crippen LogP contribution in [0.3, 0.4) is 0 Å². The largest absolute Gasteiger partial charge is 0.392 e. The fraction of sp³-hybridized carbons (Fsp3) is 0.450. The summed E-state index contributed by atoms with van der Waals surface area (Å²) in [4.78, 5) is 37.9. The SMILES string of the molecule is O=C1CCC(N2Cc3c(C#CC4CCC4)cc(CO)cc3C2=O)C(=O)N1. The van der Waals surface area contributed by atoms with Gasteiger partial charge in [0.15, 0.2) is 0 Å². The van der Waals surface area contributed by atoms with E-state index in [0.717, 1.165) is 24.0 Å². The average Bonchev–Trinajstić information content (AvgIpc) is 2.90. The lowest BCUT2D eigenvalue weighted by atomic mass is 9.86. The van der Waals surface area contributed by atoms with Gasteiger partial charge in [-0.1, -0.05) is 18.3 Å². The highest BCUT2D eigenvalue weighted by molar-refractivity contribution is 6.05. The Hall–Kier alpha value is -2.65. The summed E-state index contributed by atoms with van der Waals surface area (Å²) in [7, 11) is 0. The molecule has 134 valence electrons. The van der Waals surface area contributed by atoms with E-state index in [9.17, 15) is 19.5 Å². The number of hydrogen-bond donors (Lipinski definition) is 2. The first-order chi connectivity index (χ1) is 12.6. The number of fused-ring (bicyclic) bond motifs is 1. The second kappa shape index (κ2) is 6.58. The van der Waals surface area contributed by atoms with Crippen molar-refractivity contribution in [1.29, 1.82) is 0 Å². The highest BCUT2D eigenvalue weighted by atomic mass is 16.3. The molecule has 1 unspecified atom stereocenters. The fourth-order valence-corrected chi connectivity index (χ4v) is 3.66. The molecule has 4 rings (SSSR count). The third kappa shape index (κ3) is 2.89. The Morgan fingerprint density at radius 2 is 2.00 bits per heavy atom. The third-order valence-corrected chi connectivity index (χ3v) is 5.41. The van der Waals surface area contributed by atoms with Gasteiger partial charge in [-0.15, -0.1) is 0 Å². The molecular weight excluding hydrogens is 332 g/mol. The summed E-state index contributed by atoms with van der Waals surface area (Å²) in [6, 6.07) is 2.86. The van der Waals surface area contributed by atoms with Crippen molar-refractivity contribution in [1.82, 2.24) is 10.2 Å². The van der Waals surface area contributed by atoms with Gasteiger partial charge in [-0.3, -0.25) is 19.7 Å². The van der Waals surface area contributed by atoms with Crippen LogP contribution in [-0.2, 0) is 22.7 Å². The highest BCUT2D eigenvalue weighted by Gasteiger charge is 2.40. The molecule has 1 aromatic rings. The fourth-order valence-electron chi connectivity index (χ4n) is 3.66. The maximum atomic E-state index is 12.9. The van der Waals surface area contributed by atoms with Crippen LogP contribution in [0.5, 0.6) is 0 Å². The number of carbonyl (C=O) groups is 3. The molecule has 3 amide bonds. The Balaban J connectivity index is 1.66. The molecule has 2 N–H and O–H groups in total. The van der Waals surface area contributed by atoms with Crippen LogP contribution >= 0.6 is 0 Å². The second-order valence-electron chi connectivity index (χ2n) is 7.12. The number of nitrogens with zero attached hydrogens (tertiary/aromatic N) is 1. The number of hydrogen-bond acceptors (Lipinski definition) is 4. The first-order valence-corrected chi connectivity index (χ1v) is 8.99. The van der Waals surface area contributed by atoms with E-state index in [1.54, 1.807) is 6.07 Å². The molecule has 0 radical (unpaired) electrons. The topological polar surface area (TPSA) is 86.7 Å². The zero-order valence-corrected chi connectivity index (χ0v) is 14.4. The van der Waals surface area contributed by atoms with Crippen LogP contribution in [0.25, 0.3) is 0 Å². The van der Waals surface area contributed by atoms with Crippen LogP contribution in [0.2, 0.25) is 0 Å². The Kier molecular flexibility index (Phi) is 4.25. The maximum absolute atomic E-state index is 12.9. The lowest BCUT2D eigenvalue weighted by Crippen LogP contribution is -2.52. The molecule has 0 aromatic heterocycles. The molecule has 1 aliphatic carbocycles. The van der Waals surface area contributed by atoms with Gasteiger partial charge in [-0.2, -0.15) is 0 Å². The Labute approximate surface area is 151 Å². The minimum Gasteiger partial charge on any atom is -0.392 e. The monoisotopic (exact) mass is 352 g/mol. The number of aliphatic hydroxyl groups is 1. The van der Waals surface area contributed by atoms with Gasteiger partial charge < -0.3 is 10.0 Å². The summed E-state index contributed by atoms with van der Waals surface area (Å²) in [6.07, 6.45) is 3.98. The standard InChI is InChI=1S/C20H20N2O4/c23-11-13-8-14(5-4-12-2-1-3-12)16-10-22(20(26)15(16)9-13)17-6-7-18(24)21-19(17)25/h8-9,12,17,23H,1-3,6-7,10-11H2,(H,21,24,25). The van der Waals surface area contributed by atoms with E-state index in [1.165, 1.54) is 11.3 Å². The van der Waals surface area contributed by atoms with E-state index >= 15 is 0 Å². The average molecular weight is 352 g/mol. The number of rotatable bonds is 2. The van der Waals surface area contributed by atoms with Crippen molar-refractivity contribution in [2.24, 2.45) is 5.92 Å². The van der Waals surface area contributed by atoms with Crippen LogP contribution in [-0.4, -0.2) is 33.8 Å². The van der Waals surface area contributed by atoms with E-state index in [4.69, 9.17) is 0 Å². The molecule has 1 saturated carbocycles. The molecule has 2 aliphatic heterocycles.